The van der Waals surface area contributed by atoms with Gasteiger partial charge in [0.15, 0.2) is 0 Å². The Bertz CT molecular complexity index is 556. The van der Waals surface area contributed by atoms with Gasteiger partial charge < -0.3 is 5.11 Å². The molecule has 2 rings (SSSR count). The van der Waals surface area contributed by atoms with E-state index in [9.17, 15) is 13.2 Å². The molecule has 0 spiro atoms. The molecule has 0 radical (unpaired) electrons. The molecule has 1 unspecified atom stereocenters. The van der Waals surface area contributed by atoms with E-state index in [0.717, 1.165) is 12.0 Å². The zero-order valence-corrected chi connectivity index (χ0v) is 12.1. The van der Waals surface area contributed by atoms with Gasteiger partial charge in [-0.3, -0.25) is 4.79 Å². The van der Waals surface area contributed by atoms with Gasteiger partial charge in [0.1, 0.15) is 0 Å². The molecule has 1 saturated heterocycles. The summed E-state index contributed by atoms with van der Waals surface area (Å²) in [6, 6.07) is 9.06. The van der Waals surface area contributed by atoms with Crippen LogP contribution in [0, 0.1) is 0 Å². The van der Waals surface area contributed by atoms with Gasteiger partial charge in [0.2, 0.25) is 10.0 Å². The van der Waals surface area contributed by atoms with Gasteiger partial charge in [0, 0.05) is 12.6 Å². The Hall–Kier alpha value is -1.40. The molecule has 0 aliphatic carbocycles. The summed E-state index contributed by atoms with van der Waals surface area (Å²) in [5.74, 6) is -0.909. The van der Waals surface area contributed by atoms with Gasteiger partial charge in [-0.05, 0) is 24.8 Å². The van der Waals surface area contributed by atoms with E-state index >= 15 is 0 Å². The maximum absolute atomic E-state index is 12.3. The maximum Gasteiger partial charge on any atom is 0.304 e. The van der Waals surface area contributed by atoms with Crippen LogP contribution >= 0.6 is 0 Å². The van der Waals surface area contributed by atoms with Crippen molar-refractivity contribution in [3.63, 3.8) is 0 Å². The summed E-state index contributed by atoms with van der Waals surface area (Å²) in [5, 5.41) is 8.84. The van der Waals surface area contributed by atoms with Gasteiger partial charge >= 0.3 is 5.97 Å². The molecule has 1 aliphatic rings. The summed E-state index contributed by atoms with van der Waals surface area (Å²) in [4.78, 5) is 10.8. The van der Waals surface area contributed by atoms with Crippen molar-refractivity contribution in [2.24, 2.45) is 0 Å². The van der Waals surface area contributed by atoms with Crippen LogP contribution < -0.4 is 0 Å². The molecule has 1 fully saturated rings. The van der Waals surface area contributed by atoms with E-state index in [4.69, 9.17) is 5.11 Å². The summed E-state index contributed by atoms with van der Waals surface area (Å²) < 4.78 is 26.0. The predicted molar refractivity (Wildman–Crippen MR) is 75.9 cm³/mol. The lowest BCUT2D eigenvalue weighted by Crippen LogP contribution is -2.38. The highest BCUT2D eigenvalue weighted by Crippen LogP contribution is 2.24. The van der Waals surface area contributed by atoms with Gasteiger partial charge in [-0.1, -0.05) is 30.3 Å². The third kappa shape index (κ3) is 3.80. The number of carbonyl (C=O) groups is 1. The van der Waals surface area contributed by atoms with Gasteiger partial charge in [0.05, 0.1) is 12.2 Å². The Morgan fingerprint density at radius 1 is 1.30 bits per heavy atom. The number of carboxylic acid groups (broad SMARTS) is 1. The first-order valence-electron chi connectivity index (χ1n) is 6.74. The van der Waals surface area contributed by atoms with E-state index in [-0.39, 0.29) is 18.2 Å². The first-order valence-corrected chi connectivity index (χ1v) is 8.35. The maximum atomic E-state index is 12.3. The second-order valence-corrected chi connectivity index (χ2v) is 7.10. The topological polar surface area (TPSA) is 74.7 Å². The number of carboxylic acids is 1. The summed E-state index contributed by atoms with van der Waals surface area (Å²) in [6.45, 7) is 0.440. The number of aryl methyl sites for hydroxylation is 1. The SMILES string of the molecule is O=C(O)CC1CCCN1S(=O)(=O)CCc1ccccc1. The largest absolute Gasteiger partial charge is 0.481 e. The summed E-state index contributed by atoms with van der Waals surface area (Å²) >= 11 is 0. The molecule has 1 aliphatic heterocycles. The molecule has 1 heterocycles. The molecule has 1 N–H and O–H groups in total. The van der Waals surface area contributed by atoms with Gasteiger partial charge in [-0.25, -0.2) is 8.42 Å². The van der Waals surface area contributed by atoms with Crippen molar-refractivity contribution in [3.8, 4) is 0 Å². The van der Waals surface area contributed by atoms with Crippen LogP contribution in [0.25, 0.3) is 0 Å². The van der Waals surface area contributed by atoms with Crippen molar-refractivity contribution in [3.05, 3.63) is 35.9 Å². The predicted octanol–water partition coefficient (Wildman–Crippen LogP) is 1.50. The molecule has 0 bridgehead atoms. The lowest BCUT2D eigenvalue weighted by Gasteiger charge is -2.22. The van der Waals surface area contributed by atoms with E-state index in [1.165, 1.54) is 4.31 Å². The number of aliphatic carboxylic acids is 1. The Balaban J connectivity index is 2.00. The van der Waals surface area contributed by atoms with Crippen molar-refractivity contribution in [2.75, 3.05) is 12.3 Å². The van der Waals surface area contributed by atoms with Gasteiger partial charge in [0.25, 0.3) is 0 Å². The normalized spacial score (nSPS) is 20.1. The average molecular weight is 297 g/mol. The smallest absolute Gasteiger partial charge is 0.304 e. The van der Waals surface area contributed by atoms with Crippen LogP contribution in [0.2, 0.25) is 0 Å². The third-order valence-corrected chi connectivity index (χ3v) is 5.50. The molecule has 6 heteroatoms. The lowest BCUT2D eigenvalue weighted by atomic mass is 10.2. The second-order valence-electron chi connectivity index (χ2n) is 5.06. The number of nitrogens with zero attached hydrogens (tertiary/aromatic N) is 1. The van der Waals surface area contributed by atoms with Gasteiger partial charge in [-0.15, -0.1) is 0 Å². The number of benzene rings is 1. The van der Waals surface area contributed by atoms with Crippen molar-refractivity contribution in [1.29, 1.82) is 0 Å². The minimum atomic E-state index is -3.38. The van der Waals surface area contributed by atoms with Crippen LogP contribution in [0.3, 0.4) is 0 Å². The Labute approximate surface area is 119 Å². The molecule has 110 valence electrons. The fourth-order valence-electron chi connectivity index (χ4n) is 2.59. The molecule has 1 aromatic rings. The molecule has 1 aromatic carbocycles. The average Bonchev–Trinajstić information content (AvgIpc) is 2.86. The van der Waals surface area contributed by atoms with Crippen LogP contribution in [-0.4, -0.2) is 42.1 Å². The van der Waals surface area contributed by atoms with Crippen molar-refractivity contribution in [1.82, 2.24) is 4.31 Å². The second kappa shape index (κ2) is 6.37. The highest BCUT2D eigenvalue weighted by atomic mass is 32.2. The fraction of sp³-hybridized carbons (Fsp3) is 0.500. The molecule has 0 amide bonds. The molecular formula is C14H19NO4S. The summed E-state index contributed by atoms with van der Waals surface area (Å²) in [6.07, 6.45) is 1.73. The Morgan fingerprint density at radius 2 is 2.00 bits per heavy atom. The molecule has 20 heavy (non-hydrogen) atoms. The number of hydrogen-bond donors (Lipinski definition) is 1. The van der Waals surface area contributed by atoms with E-state index in [2.05, 4.69) is 0 Å². The minimum absolute atomic E-state index is 0.0349. The Kier molecular flexibility index (Phi) is 4.77. The Morgan fingerprint density at radius 3 is 2.65 bits per heavy atom. The van der Waals surface area contributed by atoms with Crippen LogP contribution in [0.15, 0.2) is 30.3 Å². The molecule has 0 aromatic heterocycles. The first-order chi connectivity index (χ1) is 9.49. The standard InChI is InChI=1S/C14H19NO4S/c16-14(17)11-13-7-4-9-15(13)20(18,19)10-8-12-5-2-1-3-6-12/h1-3,5-6,13H,4,7-11H2,(H,16,17). The molecular weight excluding hydrogens is 278 g/mol. The zero-order valence-electron chi connectivity index (χ0n) is 11.2. The number of hydrogen-bond acceptors (Lipinski definition) is 3. The van der Waals surface area contributed by atoms with Crippen LogP contribution in [0.1, 0.15) is 24.8 Å². The first kappa shape index (κ1) is 15.0. The van der Waals surface area contributed by atoms with Crippen molar-refractivity contribution >= 4 is 16.0 Å². The van der Waals surface area contributed by atoms with Crippen molar-refractivity contribution in [2.45, 2.75) is 31.7 Å². The van der Waals surface area contributed by atoms with E-state index in [0.29, 0.717) is 19.4 Å². The van der Waals surface area contributed by atoms with E-state index in [1.54, 1.807) is 0 Å². The van der Waals surface area contributed by atoms with E-state index in [1.807, 2.05) is 30.3 Å². The fourth-order valence-corrected chi connectivity index (χ4v) is 4.36. The van der Waals surface area contributed by atoms with Gasteiger partial charge in [-0.2, -0.15) is 4.31 Å². The molecule has 5 nitrogen and oxygen atoms in total. The van der Waals surface area contributed by atoms with Crippen LogP contribution in [-0.2, 0) is 21.2 Å². The van der Waals surface area contributed by atoms with Crippen molar-refractivity contribution < 1.29 is 18.3 Å². The van der Waals surface area contributed by atoms with Crippen LogP contribution in [0.4, 0.5) is 0 Å². The minimum Gasteiger partial charge on any atom is -0.481 e. The summed E-state index contributed by atoms with van der Waals surface area (Å²) in [5.41, 5.74) is 0.977. The number of rotatable bonds is 6. The quantitative estimate of drug-likeness (QED) is 0.863. The van der Waals surface area contributed by atoms with Crippen LogP contribution in [0.5, 0.6) is 0 Å². The highest BCUT2D eigenvalue weighted by Gasteiger charge is 2.34. The van der Waals surface area contributed by atoms with E-state index < -0.39 is 16.0 Å². The number of sulfonamides is 1. The monoisotopic (exact) mass is 297 g/mol. The molecule has 0 saturated carbocycles. The lowest BCUT2D eigenvalue weighted by molar-refractivity contribution is -0.137. The zero-order chi connectivity index (χ0) is 14.6. The summed E-state index contributed by atoms with van der Waals surface area (Å²) in [7, 11) is -3.38. The molecule has 1 atom stereocenters. The highest BCUT2D eigenvalue weighted by molar-refractivity contribution is 7.89. The third-order valence-electron chi connectivity index (χ3n) is 3.58.